The first kappa shape index (κ1) is 26.4. The molecule has 3 aromatic heterocycles. The fraction of sp³-hybridized carbons (Fsp3) is 0.207. The molecule has 5 aromatic rings. The molecule has 0 fully saturated rings. The van der Waals surface area contributed by atoms with Gasteiger partial charge in [-0.1, -0.05) is 77.2 Å². The van der Waals surface area contributed by atoms with Crippen LogP contribution in [0.25, 0.3) is 0 Å². The average Bonchev–Trinajstić information content (AvgIpc) is 3.67. The van der Waals surface area contributed by atoms with Crippen LogP contribution in [0.15, 0.2) is 91.3 Å². The molecule has 202 valence electrons. The number of pyridine rings is 1. The Labute approximate surface area is 230 Å². The van der Waals surface area contributed by atoms with Crippen molar-refractivity contribution in [2.24, 2.45) is 0 Å². The summed E-state index contributed by atoms with van der Waals surface area (Å²) in [4.78, 5) is 29.2. The van der Waals surface area contributed by atoms with Crippen molar-refractivity contribution in [1.82, 2.24) is 35.0 Å². The maximum Gasteiger partial charge on any atom is 0.357 e. The minimum Gasteiger partial charge on any atom is -0.454 e. The van der Waals surface area contributed by atoms with Crippen LogP contribution in [0, 0.1) is 0 Å². The number of hydrogen-bond donors (Lipinski definition) is 0. The molecule has 0 radical (unpaired) electrons. The first-order valence-corrected chi connectivity index (χ1v) is 12.8. The van der Waals surface area contributed by atoms with E-state index in [1.165, 1.54) is 23.3 Å². The van der Waals surface area contributed by atoms with Crippen LogP contribution in [0.1, 0.15) is 43.5 Å². The second kappa shape index (κ2) is 13.1. The summed E-state index contributed by atoms with van der Waals surface area (Å²) in [7, 11) is 0. The topological polar surface area (TPSA) is 127 Å². The molecule has 11 nitrogen and oxygen atoms in total. The van der Waals surface area contributed by atoms with Gasteiger partial charge in [-0.3, -0.25) is 9.36 Å². The van der Waals surface area contributed by atoms with Gasteiger partial charge in [0.15, 0.2) is 0 Å². The molecule has 0 saturated carbocycles. The Bertz CT molecular complexity index is 1440. The number of carbonyl (C=O) groups is 2. The number of carbonyl (C=O) groups excluding carboxylic acids is 2. The summed E-state index contributed by atoms with van der Waals surface area (Å²) < 4.78 is 14.0. The highest BCUT2D eigenvalue weighted by atomic mass is 16.5. The summed E-state index contributed by atoms with van der Waals surface area (Å²) >= 11 is 0. The van der Waals surface area contributed by atoms with E-state index in [0.29, 0.717) is 24.5 Å². The second-order valence-electron chi connectivity index (χ2n) is 8.98. The van der Waals surface area contributed by atoms with E-state index in [0.717, 1.165) is 12.8 Å². The molecule has 0 N–H and O–H groups in total. The molecule has 0 saturated heterocycles. The van der Waals surface area contributed by atoms with Crippen molar-refractivity contribution < 1.29 is 19.1 Å². The van der Waals surface area contributed by atoms with Gasteiger partial charge < -0.3 is 9.47 Å². The van der Waals surface area contributed by atoms with Crippen molar-refractivity contribution in [3.05, 3.63) is 125 Å². The molecule has 0 bridgehead atoms. The summed E-state index contributed by atoms with van der Waals surface area (Å²) in [5.41, 5.74) is 3.37. The molecule has 40 heavy (non-hydrogen) atoms. The van der Waals surface area contributed by atoms with Gasteiger partial charge in [-0.2, -0.15) is 0 Å². The lowest BCUT2D eigenvalue weighted by molar-refractivity contribution is 0.0451. The SMILES string of the molecule is O=C(OCc1cn(CCc2ccccc2)nn1)c1cccc(C(=O)OCc2cn(CCc3ccccc3)nn2)n1. The number of aryl methyl sites for hydroxylation is 4. The lowest BCUT2D eigenvalue weighted by Gasteiger charge is -2.05. The fourth-order valence-electron chi connectivity index (χ4n) is 3.89. The average molecular weight is 538 g/mol. The number of benzene rings is 2. The van der Waals surface area contributed by atoms with Crippen molar-refractivity contribution >= 4 is 11.9 Å². The van der Waals surface area contributed by atoms with E-state index in [-0.39, 0.29) is 24.6 Å². The van der Waals surface area contributed by atoms with Gasteiger partial charge >= 0.3 is 11.9 Å². The standard InChI is InChI=1S/C29H27N7O4/c37-28(39-20-24-18-35(33-31-24)16-14-22-8-3-1-4-9-22)26-12-7-13-27(30-26)29(38)40-21-25-19-36(34-32-25)17-15-23-10-5-2-6-11-23/h1-13,18-19H,14-17,20-21H2. The summed E-state index contributed by atoms with van der Waals surface area (Å²) in [6.07, 6.45) is 5.08. The summed E-state index contributed by atoms with van der Waals surface area (Å²) in [5, 5.41) is 16.3. The van der Waals surface area contributed by atoms with Crippen LogP contribution in [0.3, 0.4) is 0 Å². The maximum atomic E-state index is 12.5. The van der Waals surface area contributed by atoms with Crippen LogP contribution in [0.4, 0.5) is 0 Å². The van der Waals surface area contributed by atoms with Crippen molar-refractivity contribution in [3.8, 4) is 0 Å². The van der Waals surface area contributed by atoms with Crippen LogP contribution < -0.4 is 0 Å². The highest BCUT2D eigenvalue weighted by molar-refractivity contribution is 5.91. The van der Waals surface area contributed by atoms with Crippen LogP contribution in [0.2, 0.25) is 0 Å². The van der Waals surface area contributed by atoms with Gasteiger partial charge in [0.25, 0.3) is 0 Å². The van der Waals surface area contributed by atoms with Gasteiger partial charge in [-0.15, -0.1) is 10.2 Å². The Hall–Kier alpha value is -5.19. The van der Waals surface area contributed by atoms with Crippen molar-refractivity contribution in [2.45, 2.75) is 39.1 Å². The molecule has 0 amide bonds. The van der Waals surface area contributed by atoms with E-state index in [1.54, 1.807) is 27.8 Å². The Morgan fingerprint density at radius 3 is 1.50 bits per heavy atom. The van der Waals surface area contributed by atoms with Gasteiger partial charge in [-0.25, -0.2) is 14.6 Å². The monoisotopic (exact) mass is 537 g/mol. The number of hydrogen-bond acceptors (Lipinski definition) is 9. The zero-order valence-electron chi connectivity index (χ0n) is 21.7. The van der Waals surface area contributed by atoms with E-state index in [9.17, 15) is 9.59 Å². The molecular weight excluding hydrogens is 510 g/mol. The quantitative estimate of drug-likeness (QED) is 0.220. The van der Waals surface area contributed by atoms with E-state index >= 15 is 0 Å². The molecule has 0 aliphatic heterocycles. The molecular formula is C29H27N7O4. The third kappa shape index (κ3) is 7.44. The normalized spacial score (nSPS) is 10.8. The van der Waals surface area contributed by atoms with Gasteiger partial charge in [0.05, 0.1) is 12.4 Å². The first-order valence-electron chi connectivity index (χ1n) is 12.8. The Kier molecular flexibility index (Phi) is 8.62. The number of aromatic nitrogens is 7. The van der Waals surface area contributed by atoms with Crippen LogP contribution >= 0.6 is 0 Å². The van der Waals surface area contributed by atoms with Crippen molar-refractivity contribution in [3.63, 3.8) is 0 Å². The van der Waals surface area contributed by atoms with Crippen LogP contribution in [-0.2, 0) is 48.6 Å². The van der Waals surface area contributed by atoms with Gasteiger partial charge in [-0.05, 0) is 36.1 Å². The maximum absolute atomic E-state index is 12.5. The molecule has 11 heteroatoms. The molecule has 3 heterocycles. The van der Waals surface area contributed by atoms with Crippen LogP contribution in [-0.4, -0.2) is 46.9 Å². The molecule has 0 spiro atoms. The van der Waals surface area contributed by atoms with E-state index < -0.39 is 11.9 Å². The number of rotatable bonds is 12. The van der Waals surface area contributed by atoms with E-state index in [1.807, 2.05) is 36.4 Å². The molecule has 0 aliphatic carbocycles. The number of nitrogens with zero attached hydrogens (tertiary/aromatic N) is 7. The summed E-state index contributed by atoms with van der Waals surface area (Å²) in [6, 6.07) is 24.6. The number of esters is 2. The minimum atomic E-state index is -0.685. The zero-order chi connectivity index (χ0) is 27.6. The van der Waals surface area contributed by atoms with E-state index in [2.05, 4.69) is 49.9 Å². The lowest BCUT2D eigenvalue weighted by atomic mass is 10.1. The largest absolute Gasteiger partial charge is 0.454 e. The Balaban J connectivity index is 1.08. The minimum absolute atomic E-state index is 0.0159. The third-order valence-corrected chi connectivity index (χ3v) is 5.99. The Morgan fingerprint density at radius 1 is 0.600 bits per heavy atom. The summed E-state index contributed by atoms with van der Waals surface area (Å²) in [5.74, 6) is -1.37. The summed E-state index contributed by atoms with van der Waals surface area (Å²) in [6.45, 7) is 1.17. The Morgan fingerprint density at radius 2 is 1.05 bits per heavy atom. The number of ether oxygens (including phenoxy) is 2. The lowest BCUT2D eigenvalue weighted by Crippen LogP contribution is -2.13. The molecule has 5 rings (SSSR count). The van der Waals surface area contributed by atoms with Gasteiger partial charge in [0.1, 0.15) is 36.0 Å². The zero-order valence-corrected chi connectivity index (χ0v) is 21.7. The predicted molar refractivity (Wildman–Crippen MR) is 143 cm³/mol. The van der Waals surface area contributed by atoms with Gasteiger partial charge in [0, 0.05) is 13.1 Å². The van der Waals surface area contributed by atoms with Crippen molar-refractivity contribution in [1.29, 1.82) is 0 Å². The fourth-order valence-corrected chi connectivity index (χ4v) is 3.89. The smallest absolute Gasteiger partial charge is 0.357 e. The molecule has 0 atom stereocenters. The van der Waals surface area contributed by atoms with Gasteiger partial charge in [0.2, 0.25) is 0 Å². The second-order valence-corrected chi connectivity index (χ2v) is 8.98. The highest BCUT2D eigenvalue weighted by Gasteiger charge is 2.16. The van der Waals surface area contributed by atoms with Crippen LogP contribution in [0.5, 0.6) is 0 Å². The third-order valence-electron chi connectivity index (χ3n) is 5.99. The molecule has 2 aromatic carbocycles. The highest BCUT2D eigenvalue weighted by Crippen LogP contribution is 2.08. The van der Waals surface area contributed by atoms with Crippen molar-refractivity contribution in [2.75, 3.05) is 0 Å². The predicted octanol–water partition coefficient (Wildman–Crippen LogP) is 3.46. The molecule has 0 unspecified atom stereocenters. The first-order chi connectivity index (χ1) is 19.6. The molecule has 0 aliphatic rings. The van der Waals surface area contributed by atoms with E-state index in [4.69, 9.17) is 9.47 Å².